The second-order valence-electron chi connectivity index (χ2n) is 4.63. The molecule has 104 valence electrons. The van der Waals surface area contributed by atoms with Gasteiger partial charge in [0.2, 0.25) is 0 Å². The topological polar surface area (TPSA) is 68.5 Å². The molecule has 2 aromatic rings. The van der Waals surface area contributed by atoms with E-state index in [0.29, 0.717) is 16.6 Å². The van der Waals surface area contributed by atoms with Crippen molar-refractivity contribution in [3.05, 3.63) is 35.8 Å². The summed E-state index contributed by atoms with van der Waals surface area (Å²) in [7, 11) is 0. The van der Waals surface area contributed by atoms with Crippen LogP contribution in [0.2, 0.25) is 0 Å². The predicted molar refractivity (Wildman–Crippen MR) is 68.4 cm³/mol. The monoisotopic (exact) mass is 279 g/mol. The number of nitrogens with two attached hydrogens (primary N) is 1. The minimum Gasteiger partial charge on any atom is -0.370 e. The molecule has 20 heavy (non-hydrogen) atoms. The van der Waals surface area contributed by atoms with E-state index in [0.717, 1.165) is 0 Å². The number of halogens is 2. The first-order valence-corrected chi connectivity index (χ1v) is 5.98. The van der Waals surface area contributed by atoms with Gasteiger partial charge in [0, 0.05) is 11.6 Å². The third kappa shape index (κ3) is 2.05. The van der Waals surface area contributed by atoms with E-state index in [1.165, 1.54) is 24.4 Å². The summed E-state index contributed by atoms with van der Waals surface area (Å²) in [6.07, 6.45) is 0.382. The lowest BCUT2D eigenvalue weighted by molar-refractivity contribution is 0.0503. The molecule has 1 aromatic carbocycles. The van der Waals surface area contributed by atoms with Gasteiger partial charge in [-0.15, -0.1) is 0 Å². The molecule has 1 saturated heterocycles. The third-order valence-electron chi connectivity index (χ3n) is 3.27. The molecule has 1 aromatic heterocycles. The lowest BCUT2D eigenvalue weighted by atomic mass is 10.1. The van der Waals surface area contributed by atoms with Crippen LogP contribution in [0, 0.1) is 5.82 Å². The summed E-state index contributed by atoms with van der Waals surface area (Å²) in [6.45, 7) is 0.361. The molecule has 0 saturated carbocycles. The molecule has 0 aliphatic carbocycles. The lowest BCUT2D eigenvalue weighted by Gasteiger charge is -2.36. The normalized spacial score (nSPS) is 15.2. The molecule has 5 nitrogen and oxygen atoms in total. The van der Waals surface area contributed by atoms with Crippen LogP contribution in [0.25, 0.3) is 10.9 Å². The van der Waals surface area contributed by atoms with Crippen LogP contribution in [0.3, 0.4) is 0 Å². The number of fused-ring (bicyclic) bond motifs is 1. The van der Waals surface area contributed by atoms with Crippen LogP contribution in [0.4, 0.5) is 14.5 Å². The van der Waals surface area contributed by atoms with Gasteiger partial charge >= 0.3 is 5.97 Å². The number of pyridine rings is 1. The predicted octanol–water partition coefficient (Wildman–Crippen LogP) is 1.56. The number of hydrogen-bond donors (Lipinski definition) is 1. The molecule has 2 heterocycles. The molecule has 1 aliphatic heterocycles. The molecule has 0 atom stereocenters. The van der Waals surface area contributed by atoms with Crippen LogP contribution in [0.5, 0.6) is 0 Å². The zero-order valence-electron chi connectivity index (χ0n) is 10.3. The highest BCUT2D eigenvalue weighted by molar-refractivity contribution is 5.94. The number of aromatic nitrogens is 1. The second-order valence-corrected chi connectivity index (χ2v) is 4.63. The van der Waals surface area contributed by atoms with Gasteiger partial charge in [-0.1, -0.05) is 0 Å². The van der Waals surface area contributed by atoms with Crippen molar-refractivity contribution in [1.29, 1.82) is 0 Å². The van der Waals surface area contributed by atoms with Crippen LogP contribution in [0.1, 0.15) is 10.4 Å². The second kappa shape index (κ2) is 4.68. The smallest absolute Gasteiger partial charge is 0.358 e. The summed E-state index contributed by atoms with van der Waals surface area (Å²) in [4.78, 5) is 21.0. The van der Waals surface area contributed by atoms with Crippen molar-refractivity contribution in [3.8, 4) is 0 Å². The van der Waals surface area contributed by atoms with Gasteiger partial charge in [-0.2, -0.15) is 5.90 Å². The maximum atomic E-state index is 14.0. The van der Waals surface area contributed by atoms with Crippen molar-refractivity contribution < 1.29 is 18.4 Å². The van der Waals surface area contributed by atoms with Crippen LogP contribution in [0.15, 0.2) is 24.4 Å². The summed E-state index contributed by atoms with van der Waals surface area (Å²) in [5.41, 5.74) is 0.963. The zero-order valence-corrected chi connectivity index (χ0v) is 10.3. The summed E-state index contributed by atoms with van der Waals surface area (Å²) in [6, 6.07) is 4.24. The third-order valence-corrected chi connectivity index (χ3v) is 3.27. The molecule has 2 N–H and O–H groups in total. The Morgan fingerprint density at radius 3 is 2.80 bits per heavy atom. The minimum atomic E-state index is -0.917. The Balaban J connectivity index is 2.02. The van der Waals surface area contributed by atoms with Gasteiger partial charge in [-0.25, -0.2) is 13.6 Å². The maximum absolute atomic E-state index is 14.0. The molecule has 1 aliphatic rings. The standard InChI is InChI=1S/C13H11F2N3O2/c14-9-5-18(6-9)12-3-11-7(2-10(12)15)1-8(4-17-11)13(19)20-16/h1-4,9H,5-6,16H2. The van der Waals surface area contributed by atoms with Crippen LogP contribution >= 0.6 is 0 Å². The Morgan fingerprint density at radius 2 is 2.15 bits per heavy atom. The van der Waals surface area contributed by atoms with Gasteiger partial charge in [-0.05, 0) is 18.2 Å². The van der Waals surface area contributed by atoms with E-state index in [1.54, 1.807) is 4.90 Å². The van der Waals surface area contributed by atoms with Crippen LogP contribution < -0.4 is 10.8 Å². The summed E-state index contributed by atoms with van der Waals surface area (Å²) >= 11 is 0. The maximum Gasteiger partial charge on any atom is 0.358 e. The quantitative estimate of drug-likeness (QED) is 0.845. The van der Waals surface area contributed by atoms with Gasteiger partial charge in [-0.3, -0.25) is 4.98 Å². The van der Waals surface area contributed by atoms with Gasteiger partial charge in [0.1, 0.15) is 12.0 Å². The molecule has 0 unspecified atom stereocenters. The molecule has 7 heteroatoms. The highest BCUT2D eigenvalue weighted by Crippen LogP contribution is 2.29. The highest BCUT2D eigenvalue weighted by atomic mass is 19.1. The Hall–Kier alpha value is -2.28. The number of rotatable bonds is 2. The highest BCUT2D eigenvalue weighted by Gasteiger charge is 2.28. The van der Waals surface area contributed by atoms with Crippen molar-refractivity contribution >= 4 is 22.6 Å². The van der Waals surface area contributed by atoms with Gasteiger partial charge in [0.15, 0.2) is 0 Å². The Bertz CT molecular complexity index is 687. The van der Waals surface area contributed by atoms with E-state index in [2.05, 4.69) is 9.82 Å². The van der Waals surface area contributed by atoms with Crippen molar-refractivity contribution in [1.82, 2.24) is 4.98 Å². The average Bonchev–Trinajstić information content (AvgIpc) is 2.42. The minimum absolute atomic E-state index is 0.139. The Labute approximate surface area is 112 Å². The molecular weight excluding hydrogens is 268 g/mol. The van der Waals surface area contributed by atoms with Crippen molar-refractivity contribution in [2.45, 2.75) is 6.17 Å². The van der Waals surface area contributed by atoms with Crippen LogP contribution in [-0.4, -0.2) is 30.2 Å². The van der Waals surface area contributed by atoms with Gasteiger partial charge in [0.05, 0.1) is 29.9 Å². The largest absolute Gasteiger partial charge is 0.370 e. The number of nitrogens with zero attached hydrogens (tertiary/aromatic N) is 2. The van der Waals surface area contributed by atoms with Gasteiger partial charge in [0.25, 0.3) is 0 Å². The summed E-state index contributed by atoms with van der Waals surface area (Å²) in [5.74, 6) is 3.56. The van der Waals surface area contributed by atoms with Crippen molar-refractivity contribution in [2.24, 2.45) is 5.90 Å². The number of alkyl halides is 1. The molecule has 0 amide bonds. The molecule has 3 rings (SSSR count). The van der Waals surface area contributed by atoms with E-state index in [9.17, 15) is 13.6 Å². The van der Waals surface area contributed by atoms with E-state index in [4.69, 9.17) is 5.90 Å². The van der Waals surface area contributed by atoms with Crippen molar-refractivity contribution in [2.75, 3.05) is 18.0 Å². The SMILES string of the molecule is NOC(=O)c1cnc2cc(N3CC(F)C3)c(F)cc2c1. The fourth-order valence-corrected chi connectivity index (χ4v) is 2.18. The average molecular weight is 279 g/mol. The number of benzene rings is 1. The van der Waals surface area contributed by atoms with E-state index in [-0.39, 0.29) is 18.7 Å². The molecule has 0 bridgehead atoms. The first-order chi connectivity index (χ1) is 9.58. The Kier molecular flexibility index (Phi) is 2.98. The Morgan fingerprint density at radius 1 is 1.40 bits per heavy atom. The van der Waals surface area contributed by atoms with Gasteiger partial charge < -0.3 is 9.74 Å². The molecular formula is C13H11F2N3O2. The number of hydrogen-bond acceptors (Lipinski definition) is 5. The van der Waals surface area contributed by atoms with E-state index in [1.807, 2.05) is 0 Å². The molecule has 1 fully saturated rings. The lowest BCUT2D eigenvalue weighted by Crippen LogP contribution is -2.48. The fraction of sp³-hybridized carbons (Fsp3) is 0.231. The van der Waals surface area contributed by atoms with E-state index >= 15 is 0 Å². The number of carbonyl (C=O) groups is 1. The molecule has 0 radical (unpaired) electrons. The van der Waals surface area contributed by atoms with Crippen LogP contribution in [-0.2, 0) is 4.84 Å². The number of carbonyl (C=O) groups excluding carboxylic acids is 1. The zero-order chi connectivity index (χ0) is 14.3. The summed E-state index contributed by atoms with van der Waals surface area (Å²) < 4.78 is 26.8. The first kappa shape index (κ1) is 12.7. The van der Waals surface area contributed by atoms with E-state index < -0.39 is 18.0 Å². The fourth-order valence-electron chi connectivity index (χ4n) is 2.18. The molecule has 0 spiro atoms. The summed E-state index contributed by atoms with van der Waals surface area (Å²) in [5, 5.41) is 0.450. The first-order valence-electron chi connectivity index (χ1n) is 5.98. The van der Waals surface area contributed by atoms with Crippen molar-refractivity contribution in [3.63, 3.8) is 0 Å². The number of anilines is 1.